The van der Waals surface area contributed by atoms with E-state index in [0.717, 1.165) is 11.5 Å². The highest BCUT2D eigenvalue weighted by Crippen LogP contribution is 2.24. The van der Waals surface area contributed by atoms with Gasteiger partial charge in [0.05, 0.1) is 14.2 Å². The van der Waals surface area contributed by atoms with Crippen molar-refractivity contribution in [3.05, 3.63) is 48.5 Å². The summed E-state index contributed by atoms with van der Waals surface area (Å²) in [5, 5.41) is 0. The molecule has 0 aliphatic heterocycles. The lowest BCUT2D eigenvalue weighted by Gasteiger charge is -2.05. The number of benzene rings is 2. The van der Waals surface area contributed by atoms with E-state index in [0.29, 0.717) is 0 Å². The van der Waals surface area contributed by atoms with E-state index in [-0.39, 0.29) is 0 Å². The van der Waals surface area contributed by atoms with Crippen molar-refractivity contribution in [1.29, 1.82) is 0 Å². The molecule has 4 heteroatoms. The summed E-state index contributed by atoms with van der Waals surface area (Å²) in [4.78, 5) is 2.68. The van der Waals surface area contributed by atoms with E-state index in [1.54, 1.807) is 14.2 Å². The molecular formula is C24H34O2S2. The van der Waals surface area contributed by atoms with Crippen LogP contribution in [0.2, 0.25) is 0 Å². The lowest BCUT2D eigenvalue weighted by atomic mass is 10.1. The molecular weight excluding hydrogens is 384 g/mol. The molecule has 0 aromatic heterocycles. The number of rotatable bonds is 15. The van der Waals surface area contributed by atoms with E-state index in [1.807, 2.05) is 47.8 Å². The average Bonchev–Trinajstić information content (AvgIpc) is 2.75. The van der Waals surface area contributed by atoms with Crippen LogP contribution in [0, 0.1) is 0 Å². The molecule has 2 nitrogen and oxygen atoms in total. The minimum absolute atomic E-state index is 0.934. The van der Waals surface area contributed by atoms with Gasteiger partial charge in [-0.3, -0.25) is 0 Å². The van der Waals surface area contributed by atoms with Gasteiger partial charge < -0.3 is 9.47 Å². The molecule has 0 N–H and O–H groups in total. The van der Waals surface area contributed by atoms with Gasteiger partial charge in [-0.15, -0.1) is 23.5 Å². The predicted octanol–water partition coefficient (Wildman–Crippen LogP) is 7.71. The molecule has 0 heterocycles. The van der Waals surface area contributed by atoms with Gasteiger partial charge in [-0.2, -0.15) is 0 Å². The first-order chi connectivity index (χ1) is 13.8. The van der Waals surface area contributed by atoms with Gasteiger partial charge >= 0.3 is 0 Å². The highest BCUT2D eigenvalue weighted by molar-refractivity contribution is 7.99. The van der Waals surface area contributed by atoms with Crippen molar-refractivity contribution in [3.8, 4) is 11.5 Å². The molecule has 0 saturated carbocycles. The van der Waals surface area contributed by atoms with Gasteiger partial charge in [-0.05, 0) is 72.9 Å². The molecule has 0 amide bonds. The first-order valence-corrected chi connectivity index (χ1v) is 12.3. The van der Waals surface area contributed by atoms with Crippen molar-refractivity contribution >= 4 is 23.5 Å². The Morgan fingerprint density at radius 3 is 1.14 bits per heavy atom. The second-order valence-corrected chi connectivity index (χ2v) is 9.21. The van der Waals surface area contributed by atoms with Crippen LogP contribution in [0.4, 0.5) is 0 Å². The Kier molecular flexibility index (Phi) is 12.1. The fourth-order valence-corrected chi connectivity index (χ4v) is 4.81. The molecule has 0 aliphatic rings. The van der Waals surface area contributed by atoms with Crippen molar-refractivity contribution in [1.82, 2.24) is 0 Å². The average molecular weight is 419 g/mol. The quantitative estimate of drug-likeness (QED) is 0.218. The molecule has 0 bridgehead atoms. The van der Waals surface area contributed by atoms with E-state index in [2.05, 4.69) is 24.3 Å². The minimum atomic E-state index is 0.934. The van der Waals surface area contributed by atoms with Gasteiger partial charge in [-0.1, -0.05) is 38.5 Å². The fourth-order valence-electron chi connectivity index (χ4n) is 2.99. The molecule has 2 aromatic carbocycles. The third kappa shape index (κ3) is 9.79. The molecule has 0 atom stereocenters. The summed E-state index contributed by atoms with van der Waals surface area (Å²) in [5.41, 5.74) is 0. The molecule has 0 radical (unpaired) electrons. The maximum atomic E-state index is 5.19. The van der Waals surface area contributed by atoms with Crippen LogP contribution < -0.4 is 9.47 Å². The van der Waals surface area contributed by atoms with E-state index in [4.69, 9.17) is 9.47 Å². The van der Waals surface area contributed by atoms with Gasteiger partial charge in [0.2, 0.25) is 0 Å². The van der Waals surface area contributed by atoms with Crippen molar-refractivity contribution in [2.75, 3.05) is 25.7 Å². The lowest BCUT2D eigenvalue weighted by molar-refractivity contribution is 0.414. The largest absolute Gasteiger partial charge is 0.497 e. The molecule has 0 fully saturated rings. The van der Waals surface area contributed by atoms with E-state index >= 15 is 0 Å². The van der Waals surface area contributed by atoms with E-state index in [9.17, 15) is 0 Å². The van der Waals surface area contributed by atoms with Crippen LogP contribution in [0.25, 0.3) is 0 Å². The SMILES string of the molecule is COc1ccc(SCCCCCCCCCCSc2ccc(OC)cc2)cc1. The number of hydrogen-bond donors (Lipinski definition) is 0. The molecule has 0 spiro atoms. The lowest BCUT2D eigenvalue weighted by Crippen LogP contribution is -1.86. The van der Waals surface area contributed by atoms with Crippen LogP contribution in [-0.2, 0) is 0 Å². The normalized spacial score (nSPS) is 10.8. The standard InChI is InChI=1S/C24H34O2S2/c1-25-21-11-15-23(16-12-21)27-19-9-7-5-3-4-6-8-10-20-28-24-17-13-22(26-2)14-18-24/h11-18H,3-10,19-20H2,1-2H3. The second kappa shape index (κ2) is 14.7. The molecule has 28 heavy (non-hydrogen) atoms. The number of methoxy groups -OCH3 is 2. The van der Waals surface area contributed by atoms with Crippen LogP contribution in [0.3, 0.4) is 0 Å². The van der Waals surface area contributed by atoms with Gasteiger partial charge in [0, 0.05) is 9.79 Å². The Bertz CT molecular complexity index is 569. The topological polar surface area (TPSA) is 18.5 Å². The zero-order chi connectivity index (χ0) is 19.9. The monoisotopic (exact) mass is 418 g/mol. The Morgan fingerprint density at radius 2 is 0.821 bits per heavy atom. The van der Waals surface area contributed by atoms with Crippen LogP contribution in [0.5, 0.6) is 11.5 Å². The summed E-state index contributed by atoms with van der Waals surface area (Å²) in [5.74, 6) is 4.30. The Balaban J connectivity index is 1.36. The number of ether oxygens (including phenoxy) is 2. The predicted molar refractivity (Wildman–Crippen MR) is 124 cm³/mol. The van der Waals surface area contributed by atoms with E-state index in [1.165, 1.54) is 72.7 Å². The van der Waals surface area contributed by atoms with Gasteiger partial charge in [0.15, 0.2) is 0 Å². The zero-order valence-corrected chi connectivity index (χ0v) is 19.0. The van der Waals surface area contributed by atoms with Crippen LogP contribution >= 0.6 is 23.5 Å². The summed E-state index contributed by atoms with van der Waals surface area (Å²) in [6.07, 6.45) is 10.9. The first kappa shape index (κ1) is 23.0. The van der Waals surface area contributed by atoms with Gasteiger partial charge in [0.1, 0.15) is 11.5 Å². The number of hydrogen-bond acceptors (Lipinski definition) is 4. The molecule has 0 saturated heterocycles. The van der Waals surface area contributed by atoms with Crippen molar-refractivity contribution in [3.63, 3.8) is 0 Å². The van der Waals surface area contributed by atoms with Crippen LogP contribution in [0.15, 0.2) is 58.3 Å². The molecule has 154 valence electrons. The summed E-state index contributed by atoms with van der Waals surface area (Å²) >= 11 is 3.90. The Morgan fingerprint density at radius 1 is 0.500 bits per heavy atom. The highest BCUT2D eigenvalue weighted by atomic mass is 32.2. The van der Waals surface area contributed by atoms with Crippen molar-refractivity contribution in [2.45, 2.75) is 61.2 Å². The smallest absolute Gasteiger partial charge is 0.118 e. The third-order valence-electron chi connectivity index (χ3n) is 4.70. The summed E-state index contributed by atoms with van der Waals surface area (Å²) in [7, 11) is 3.42. The first-order valence-electron chi connectivity index (χ1n) is 10.4. The summed E-state index contributed by atoms with van der Waals surface area (Å²) in [6.45, 7) is 0. The second-order valence-electron chi connectivity index (χ2n) is 6.88. The van der Waals surface area contributed by atoms with Gasteiger partial charge in [0.25, 0.3) is 0 Å². The Hall–Kier alpha value is -1.26. The van der Waals surface area contributed by atoms with Crippen LogP contribution in [0.1, 0.15) is 51.4 Å². The summed E-state index contributed by atoms with van der Waals surface area (Å²) < 4.78 is 10.4. The Labute approximate surface area is 179 Å². The maximum absolute atomic E-state index is 5.19. The molecule has 0 unspecified atom stereocenters. The van der Waals surface area contributed by atoms with Crippen molar-refractivity contribution in [2.24, 2.45) is 0 Å². The number of thioether (sulfide) groups is 2. The summed E-state index contributed by atoms with van der Waals surface area (Å²) in [6, 6.07) is 16.8. The van der Waals surface area contributed by atoms with Gasteiger partial charge in [-0.25, -0.2) is 0 Å². The molecule has 2 rings (SSSR count). The highest BCUT2D eigenvalue weighted by Gasteiger charge is 1.98. The molecule has 2 aromatic rings. The third-order valence-corrected chi connectivity index (χ3v) is 6.89. The van der Waals surface area contributed by atoms with Crippen molar-refractivity contribution < 1.29 is 9.47 Å². The number of unbranched alkanes of at least 4 members (excludes halogenated alkanes) is 7. The van der Waals surface area contributed by atoms with Crippen LogP contribution in [-0.4, -0.2) is 25.7 Å². The molecule has 0 aliphatic carbocycles. The zero-order valence-electron chi connectivity index (χ0n) is 17.3. The maximum Gasteiger partial charge on any atom is 0.118 e. The fraction of sp³-hybridized carbons (Fsp3) is 0.500. The van der Waals surface area contributed by atoms with E-state index < -0.39 is 0 Å². The minimum Gasteiger partial charge on any atom is -0.497 e.